The largest absolute Gasteiger partial charge is 0.491 e. The van der Waals surface area contributed by atoms with Gasteiger partial charge in [-0.2, -0.15) is 0 Å². The Labute approximate surface area is 246 Å². The fraction of sp³-hybridized carbons (Fsp3) is 0.182. The number of aromatic nitrogens is 1. The van der Waals surface area contributed by atoms with Crippen LogP contribution in [0, 0.1) is 0 Å². The maximum atomic E-state index is 13.0. The molecule has 0 spiro atoms. The molecule has 0 radical (unpaired) electrons. The molecule has 1 heterocycles. The number of nitrogens with zero attached hydrogens (tertiary/aromatic N) is 1. The van der Waals surface area contributed by atoms with Crippen molar-refractivity contribution >= 4 is 26.6 Å². The molecule has 0 aliphatic rings. The fourth-order valence-corrected chi connectivity index (χ4v) is 5.61. The van der Waals surface area contributed by atoms with Gasteiger partial charge in [0.2, 0.25) is 0 Å². The first-order valence-electron chi connectivity index (χ1n) is 13.7. The monoisotopic (exact) mass is 583 g/mol. The fourth-order valence-electron chi connectivity index (χ4n) is 4.37. The summed E-state index contributed by atoms with van der Waals surface area (Å²) in [5, 5.41) is 14.3. The minimum Gasteiger partial charge on any atom is -0.491 e. The van der Waals surface area contributed by atoms with Gasteiger partial charge in [0.1, 0.15) is 35.7 Å². The Hall–Kier alpha value is -4.44. The molecule has 42 heavy (non-hydrogen) atoms. The molecule has 1 atom stereocenters. The highest BCUT2D eigenvalue weighted by Crippen LogP contribution is 2.23. The van der Waals surface area contributed by atoms with E-state index >= 15 is 0 Å². The summed E-state index contributed by atoms with van der Waals surface area (Å²) in [5.74, 6) is 1.41. The second-order valence-electron chi connectivity index (χ2n) is 9.80. The van der Waals surface area contributed by atoms with Crippen molar-refractivity contribution < 1.29 is 23.0 Å². The van der Waals surface area contributed by atoms with Crippen LogP contribution in [0.4, 0.5) is 5.69 Å². The molecule has 216 valence electrons. The van der Waals surface area contributed by atoms with Crippen molar-refractivity contribution in [1.82, 2.24) is 10.3 Å². The van der Waals surface area contributed by atoms with Gasteiger partial charge in [0.15, 0.2) is 0 Å². The third-order valence-corrected chi connectivity index (χ3v) is 7.99. The standard InChI is InChI=1S/C33H33N3O5S/c37-29(24-41-31-17-15-30(16-18-31)40-23-26-6-2-1-3-7-26)22-34-21-19-25-11-13-28(14-12-25)36-42(38,39)32-10-4-8-27-9-5-20-35-33(27)32/h1-18,20,29,34,36-37H,19,21-24H2/t29-/m0/s1. The number of ether oxygens (including phenoxy) is 2. The number of hydrogen-bond donors (Lipinski definition) is 3. The van der Waals surface area contributed by atoms with E-state index in [1.54, 1.807) is 36.5 Å². The van der Waals surface area contributed by atoms with Crippen LogP contribution in [-0.4, -0.2) is 44.3 Å². The van der Waals surface area contributed by atoms with Crippen molar-refractivity contribution in [2.45, 2.75) is 24.0 Å². The number of rotatable bonds is 14. The Morgan fingerprint density at radius 1 is 0.762 bits per heavy atom. The van der Waals surface area contributed by atoms with E-state index in [2.05, 4.69) is 15.0 Å². The van der Waals surface area contributed by atoms with Crippen molar-refractivity contribution in [3.8, 4) is 11.5 Å². The molecule has 8 nitrogen and oxygen atoms in total. The van der Waals surface area contributed by atoms with Crippen LogP contribution in [0.2, 0.25) is 0 Å². The quantitative estimate of drug-likeness (QED) is 0.154. The van der Waals surface area contributed by atoms with E-state index in [1.807, 2.05) is 78.9 Å². The van der Waals surface area contributed by atoms with Crippen molar-refractivity contribution in [3.05, 3.63) is 127 Å². The molecule has 0 amide bonds. The zero-order chi connectivity index (χ0) is 29.2. The van der Waals surface area contributed by atoms with Gasteiger partial charge in [-0.25, -0.2) is 8.42 Å². The Morgan fingerprint density at radius 2 is 1.48 bits per heavy atom. The second-order valence-corrected chi connectivity index (χ2v) is 11.4. The summed E-state index contributed by atoms with van der Waals surface area (Å²) in [7, 11) is -3.80. The summed E-state index contributed by atoms with van der Waals surface area (Å²) in [6.07, 6.45) is 1.64. The first-order chi connectivity index (χ1) is 20.5. The second kappa shape index (κ2) is 14.0. The Kier molecular flexibility index (Phi) is 9.66. The maximum Gasteiger partial charge on any atom is 0.264 e. The van der Waals surface area contributed by atoms with E-state index in [0.29, 0.717) is 36.6 Å². The minimum atomic E-state index is -3.80. The van der Waals surface area contributed by atoms with Crippen LogP contribution in [0.5, 0.6) is 11.5 Å². The van der Waals surface area contributed by atoms with E-state index < -0.39 is 16.1 Å². The van der Waals surface area contributed by atoms with E-state index in [-0.39, 0.29) is 11.5 Å². The van der Waals surface area contributed by atoms with Crippen LogP contribution in [0.25, 0.3) is 10.9 Å². The molecule has 3 N–H and O–H groups in total. The Bertz CT molecular complexity index is 1670. The summed E-state index contributed by atoms with van der Waals surface area (Å²) < 4.78 is 40.2. The number of benzene rings is 4. The SMILES string of the molecule is O=S(=O)(Nc1ccc(CCNC[C@H](O)COc2ccc(OCc3ccccc3)cc2)cc1)c1cccc2cccnc12. The van der Waals surface area contributed by atoms with E-state index in [9.17, 15) is 13.5 Å². The van der Waals surface area contributed by atoms with Crippen LogP contribution < -0.4 is 19.5 Å². The predicted octanol–water partition coefficient (Wildman–Crippen LogP) is 5.19. The number of nitrogens with one attached hydrogen (secondary N) is 2. The van der Waals surface area contributed by atoms with Crippen LogP contribution in [0.3, 0.4) is 0 Å². The van der Waals surface area contributed by atoms with E-state index in [0.717, 1.165) is 28.7 Å². The van der Waals surface area contributed by atoms with Gasteiger partial charge < -0.3 is 19.9 Å². The molecule has 0 bridgehead atoms. The summed E-state index contributed by atoms with van der Waals surface area (Å²) in [5.41, 5.74) is 3.05. The maximum absolute atomic E-state index is 13.0. The van der Waals surface area contributed by atoms with Gasteiger partial charge in [-0.1, -0.05) is 60.7 Å². The summed E-state index contributed by atoms with van der Waals surface area (Å²) in [6, 6.07) is 33.3. The average Bonchev–Trinajstić information content (AvgIpc) is 3.02. The predicted molar refractivity (Wildman–Crippen MR) is 164 cm³/mol. The third kappa shape index (κ3) is 8.07. The lowest BCUT2D eigenvalue weighted by molar-refractivity contribution is 0.106. The smallest absolute Gasteiger partial charge is 0.264 e. The molecule has 5 aromatic rings. The number of hydrogen-bond acceptors (Lipinski definition) is 7. The lowest BCUT2D eigenvalue weighted by Crippen LogP contribution is -2.32. The van der Waals surface area contributed by atoms with Crippen molar-refractivity contribution in [2.75, 3.05) is 24.4 Å². The lowest BCUT2D eigenvalue weighted by Gasteiger charge is -2.14. The number of para-hydroxylation sites is 1. The van der Waals surface area contributed by atoms with E-state index in [4.69, 9.17) is 9.47 Å². The highest BCUT2D eigenvalue weighted by molar-refractivity contribution is 7.93. The lowest BCUT2D eigenvalue weighted by atomic mass is 10.1. The molecule has 1 aromatic heterocycles. The Morgan fingerprint density at radius 3 is 2.24 bits per heavy atom. The zero-order valence-corrected chi connectivity index (χ0v) is 23.8. The number of anilines is 1. The van der Waals surface area contributed by atoms with E-state index in [1.165, 1.54) is 0 Å². The van der Waals surface area contributed by atoms with Crippen molar-refractivity contribution in [3.63, 3.8) is 0 Å². The van der Waals surface area contributed by atoms with Gasteiger partial charge >= 0.3 is 0 Å². The first kappa shape index (κ1) is 29.1. The van der Waals surface area contributed by atoms with Gasteiger partial charge in [-0.3, -0.25) is 9.71 Å². The number of fused-ring (bicyclic) bond motifs is 1. The normalized spacial score (nSPS) is 12.1. The minimum absolute atomic E-state index is 0.140. The highest BCUT2D eigenvalue weighted by Gasteiger charge is 2.18. The Balaban J connectivity index is 1.01. The third-order valence-electron chi connectivity index (χ3n) is 6.58. The average molecular weight is 584 g/mol. The molecule has 0 aliphatic carbocycles. The first-order valence-corrected chi connectivity index (χ1v) is 15.2. The van der Waals surface area contributed by atoms with Gasteiger partial charge in [0, 0.05) is 23.8 Å². The molecule has 0 aliphatic heterocycles. The topological polar surface area (TPSA) is 110 Å². The molecule has 5 rings (SSSR count). The van der Waals surface area contributed by atoms with Crippen molar-refractivity contribution in [1.29, 1.82) is 0 Å². The molecule has 0 fully saturated rings. The number of aliphatic hydroxyl groups is 1. The number of aliphatic hydroxyl groups excluding tert-OH is 1. The molecule has 0 unspecified atom stereocenters. The van der Waals surface area contributed by atoms with Crippen LogP contribution in [0.1, 0.15) is 11.1 Å². The highest BCUT2D eigenvalue weighted by atomic mass is 32.2. The van der Waals surface area contributed by atoms with Crippen LogP contribution in [0.15, 0.2) is 120 Å². The molecule has 0 saturated carbocycles. The van der Waals surface area contributed by atoms with Gasteiger partial charge in [0.25, 0.3) is 10.0 Å². The molecular formula is C33H33N3O5S. The molecule has 9 heteroatoms. The summed E-state index contributed by atoms with van der Waals surface area (Å²) >= 11 is 0. The van der Waals surface area contributed by atoms with Crippen LogP contribution >= 0.6 is 0 Å². The molecule has 0 saturated heterocycles. The number of pyridine rings is 1. The van der Waals surface area contributed by atoms with Gasteiger partial charge in [0.05, 0.1) is 5.52 Å². The molecule has 4 aromatic carbocycles. The van der Waals surface area contributed by atoms with Gasteiger partial charge in [-0.05, 0) is 72.6 Å². The van der Waals surface area contributed by atoms with Crippen LogP contribution in [-0.2, 0) is 23.1 Å². The molecular weight excluding hydrogens is 550 g/mol. The zero-order valence-electron chi connectivity index (χ0n) is 23.0. The van der Waals surface area contributed by atoms with Crippen molar-refractivity contribution in [2.24, 2.45) is 0 Å². The summed E-state index contributed by atoms with van der Waals surface area (Å²) in [6.45, 7) is 1.70. The number of sulfonamides is 1. The van der Waals surface area contributed by atoms with Gasteiger partial charge in [-0.15, -0.1) is 0 Å². The summed E-state index contributed by atoms with van der Waals surface area (Å²) in [4.78, 5) is 4.39.